The predicted molar refractivity (Wildman–Crippen MR) is 59.0 cm³/mol. The number of allylic oxidation sites excluding steroid dienone is 1. The monoisotopic (exact) mass is 198 g/mol. The van der Waals surface area contributed by atoms with Crippen molar-refractivity contribution < 1.29 is 9.53 Å². The largest absolute Gasteiger partial charge is 0.469 e. The third-order valence-electron chi connectivity index (χ3n) is 2.66. The van der Waals surface area contributed by atoms with E-state index in [1.165, 1.54) is 7.11 Å². The van der Waals surface area contributed by atoms with Gasteiger partial charge in [0.1, 0.15) is 0 Å². The van der Waals surface area contributed by atoms with Gasteiger partial charge < -0.3 is 4.74 Å². The molecule has 82 valence electrons. The third kappa shape index (κ3) is 3.52. The predicted octanol–water partition coefficient (Wildman–Crippen LogP) is 3.18. The van der Waals surface area contributed by atoms with Crippen LogP contribution in [-0.2, 0) is 9.53 Å². The zero-order chi connectivity index (χ0) is 11.1. The summed E-state index contributed by atoms with van der Waals surface area (Å²) in [5.74, 6) is 0.156. The zero-order valence-electron chi connectivity index (χ0n) is 9.80. The van der Waals surface area contributed by atoms with Crippen molar-refractivity contribution in [2.45, 2.75) is 40.0 Å². The van der Waals surface area contributed by atoms with Gasteiger partial charge in [-0.15, -0.1) is 0 Å². The van der Waals surface area contributed by atoms with Crippen LogP contribution in [0.1, 0.15) is 40.0 Å². The maximum atomic E-state index is 11.5. The lowest BCUT2D eigenvalue weighted by Gasteiger charge is -2.24. The summed E-state index contributed by atoms with van der Waals surface area (Å²) >= 11 is 0. The quantitative estimate of drug-likeness (QED) is 0.484. The summed E-state index contributed by atoms with van der Waals surface area (Å²) in [4.78, 5) is 11.5. The zero-order valence-corrected chi connectivity index (χ0v) is 9.80. The van der Waals surface area contributed by atoms with Crippen molar-refractivity contribution in [3.8, 4) is 0 Å². The number of rotatable bonds is 6. The molecule has 2 atom stereocenters. The molecule has 0 radical (unpaired) electrons. The summed E-state index contributed by atoms with van der Waals surface area (Å²) in [7, 11) is 1.45. The minimum absolute atomic E-state index is 0.0163. The third-order valence-corrected chi connectivity index (χ3v) is 2.66. The maximum absolute atomic E-state index is 11.5. The molecular formula is C12H22O2. The van der Waals surface area contributed by atoms with Crippen LogP contribution in [0.2, 0.25) is 0 Å². The van der Waals surface area contributed by atoms with E-state index >= 15 is 0 Å². The molecule has 0 rings (SSSR count). The lowest BCUT2D eigenvalue weighted by Crippen LogP contribution is -2.25. The van der Waals surface area contributed by atoms with Gasteiger partial charge in [0.05, 0.1) is 13.0 Å². The van der Waals surface area contributed by atoms with Crippen molar-refractivity contribution in [2.75, 3.05) is 7.11 Å². The van der Waals surface area contributed by atoms with Gasteiger partial charge in [-0.25, -0.2) is 0 Å². The molecule has 0 aliphatic heterocycles. The highest BCUT2D eigenvalue weighted by Gasteiger charge is 2.27. The smallest absolute Gasteiger partial charge is 0.309 e. The molecule has 0 N–H and O–H groups in total. The molecule has 0 aromatic rings. The summed E-state index contributed by atoms with van der Waals surface area (Å²) in [6.07, 6.45) is 2.91. The molecule has 0 saturated heterocycles. The fourth-order valence-corrected chi connectivity index (χ4v) is 1.87. The molecule has 0 heterocycles. The summed E-state index contributed by atoms with van der Waals surface area (Å²) < 4.78 is 4.80. The van der Waals surface area contributed by atoms with Gasteiger partial charge in [0.15, 0.2) is 0 Å². The summed E-state index contributed by atoms with van der Waals surface area (Å²) in [6, 6.07) is 0. The van der Waals surface area contributed by atoms with Crippen LogP contribution in [0.15, 0.2) is 12.2 Å². The number of hydrogen-bond donors (Lipinski definition) is 0. The summed E-state index contributed by atoms with van der Waals surface area (Å²) in [6.45, 7) is 10.1. The van der Waals surface area contributed by atoms with Crippen molar-refractivity contribution in [3.63, 3.8) is 0 Å². The molecule has 0 aromatic carbocycles. The number of hydrogen-bond acceptors (Lipinski definition) is 2. The van der Waals surface area contributed by atoms with Crippen LogP contribution < -0.4 is 0 Å². The fourth-order valence-electron chi connectivity index (χ4n) is 1.87. The van der Waals surface area contributed by atoms with E-state index < -0.39 is 0 Å². The minimum Gasteiger partial charge on any atom is -0.469 e. The van der Waals surface area contributed by atoms with E-state index in [2.05, 4.69) is 13.5 Å². The van der Waals surface area contributed by atoms with Gasteiger partial charge in [0, 0.05) is 0 Å². The van der Waals surface area contributed by atoms with E-state index in [1.54, 1.807) is 0 Å². The molecule has 2 heteroatoms. The molecule has 0 aromatic heterocycles. The Bertz CT molecular complexity index is 196. The fraction of sp³-hybridized carbons (Fsp3) is 0.750. The highest BCUT2D eigenvalue weighted by molar-refractivity contribution is 5.73. The number of ether oxygens (including phenoxy) is 1. The molecule has 0 unspecified atom stereocenters. The second-order valence-corrected chi connectivity index (χ2v) is 3.78. The van der Waals surface area contributed by atoms with Crippen LogP contribution in [0.5, 0.6) is 0 Å². The number of methoxy groups -OCH3 is 1. The first-order valence-corrected chi connectivity index (χ1v) is 5.31. The molecule has 0 aliphatic rings. The van der Waals surface area contributed by atoms with Crippen LogP contribution in [0.3, 0.4) is 0 Å². The van der Waals surface area contributed by atoms with Crippen LogP contribution in [0.4, 0.5) is 0 Å². The second-order valence-electron chi connectivity index (χ2n) is 3.78. The van der Waals surface area contributed by atoms with Gasteiger partial charge in [-0.05, 0) is 25.7 Å². The molecule has 2 nitrogen and oxygen atoms in total. The molecule has 0 saturated carbocycles. The molecule has 0 amide bonds. The normalized spacial score (nSPS) is 14.6. The Balaban J connectivity index is 4.57. The van der Waals surface area contributed by atoms with Crippen molar-refractivity contribution in [1.82, 2.24) is 0 Å². The topological polar surface area (TPSA) is 26.3 Å². The second kappa shape index (κ2) is 6.63. The van der Waals surface area contributed by atoms with Crippen molar-refractivity contribution in [2.24, 2.45) is 11.8 Å². The Kier molecular flexibility index (Phi) is 6.26. The van der Waals surface area contributed by atoms with E-state index in [-0.39, 0.29) is 17.8 Å². The SMILES string of the molecule is C=C(C)[C@H](CCC)[C@@H](CC)C(=O)OC. The van der Waals surface area contributed by atoms with Gasteiger partial charge in [0.2, 0.25) is 0 Å². The van der Waals surface area contributed by atoms with Gasteiger partial charge in [-0.3, -0.25) is 4.79 Å². The lowest BCUT2D eigenvalue weighted by atomic mass is 9.82. The average Bonchev–Trinajstić information content (AvgIpc) is 2.16. The van der Waals surface area contributed by atoms with Gasteiger partial charge >= 0.3 is 5.97 Å². The number of carbonyl (C=O) groups is 1. The highest BCUT2D eigenvalue weighted by Crippen LogP contribution is 2.27. The van der Waals surface area contributed by atoms with Gasteiger partial charge in [0.25, 0.3) is 0 Å². The Morgan fingerprint density at radius 3 is 2.21 bits per heavy atom. The molecule has 14 heavy (non-hydrogen) atoms. The first-order valence-electron chi connectivity index (χ1n) is 5.31. The van der Waals surface area contributed by atoms with E-state index in [0.717, 1.165) is 24.8 Å². The highest BCUT2D eigenvalue weighted by atomic mass is 16.5. The molecule has 0 aliphatic carbocycles. The van der Waals surface area contributed by atoms with Crippen LogP contribution >= 0.6 is 0 Å². The first kappa shape index (κ1) is 13.2. The molecule has 0 fully saturated rings. The Morgan fingerprint density at radius 1 is 1.36 bits per heavy atom. The molecular weight excluding hydrogens is 176 g/mol. The minimum atomic E-state index is -0.103. The van der Waals surface area contributed by atoms with Crippen molar-refractivity contribution in [1.29, 1.82) is 0 Å². The van der Waals surface area contributed by atoms with E-state index in [1.807, 2.05) is 13.8 Å². The molecule has 0 spiro atoms. The van der Waals surface area contributed by atoms with E-state index in [0.29, 0.717) is 0 Å². The maximum Gasteiger partial charge on any atom is 0.309 e. The summed E-state index contributed by atoms with van der Waals surface area (Å²) in [5, 5.41) is 0. The number of esters is 1. The Morgan fingerprint density at radius 2 is 1.93 bits per heavy atom. The average molecular weight is 198 g/mol. The van der Waals surface area contributed by atoms with Crippen LogP contribution in [-0.4, -0.2) is 13.1 Å². The van der Waals surface area contributed by atoms with Crippen LogP contribution in [0.25, 0.3) is 0 Å². The van der Waals surface area contributed by atoms with Gasteiger partial charge in [-0.2, -0.15) is 0 Å². The standard InChI is InChI=1S/C12H22O2/c1-6-8-11(9(3)4)10(7-2)12(13)14-5/h10-11H,3,6-8H2,1-2,4-5H3/t10-,11+/m1/s1. The van der Waals surface area contributed by atoms with E-state index in [4.69, 9.17) is 4.74 Å². The van der Waals surface area contributed by atoms with Crippen LogP contribution in [0, 0.1) is 11.8 Å². The molecule has 0 bridgehead atoms. The lowest BCUT2D eigenvalue weighted by molar-refractivity contribution is -0.147. The Hall–Kier alpha value is -0.790. The van der Waals surface area contributed by atoms with Crippen molar-refractivity contribution >= 4 is 5.97 Å². The van der Waals surface area contributed by atoms with E-state index in [9.17, 15) is 4.79 Å². The first-order chi connectivity index (χ1) is 6.58. The summed E-state index contributed by atoms with van der Waals surface area (Å²) in [5.41, 5.74) is 1.09. The van der Waals surface area contributed by atoms with Crippen molar-refractivity contribution in [3.05, 3.63) is 12.2 Å². The number of carbonyl (C=O) groups excluding carboxylic acids is 1. The van der Waals surface area contributed by atoms with Gasteiger partial charge in [-0.1, -0.05) is 32.4 Å². The Labute approximate surface area is 87.3 Å².